The van der Waals surface area contributed by atoms with E-state index in [1.165, 1.54) is 11.3 Å². The van der Waals surface area contributed by atoms with Crippen LogP contribution in [0.3, 0.4) is 0 Å². The summed E-state index contributed by atoms with van der Waals surface area (Å²) in [5.41, 5.74) is 0.745. The number of nitrogens with zero attached hydrogens (tertiary/aromatic N) is 1. The summed E-state index contributed by atoms with van der Waals surface area (Å²) in [6.07, 6.45) is 3.98. The lowest BCUT2D eigenvalue weighted by molar-refractivity contribution is 0.419. The maximum Gasteiger partial charge on any atom is 0.268 e. The second kappa shape index (κ2) is 7.09. The summed E-state index contributed by atoms with van der Waals surface area (Å²) in [5, 5.41) is 1.30. The van der Waals surface area contributed by atoms with Crippen LogP contribution < -0.4 is 4.72 Å². The summed E-state index contributed by atoms with van der Waals surface area (Å²) in [6, 6.07) is 7.56. The molecule has 0 atom stereocenters. The van der Waals surface area contributed by atoms with Gasteiger partial charge in [-0.15, -0.1) is 11.3 Å². The topological polar surface area (TPSA) is 59.1 Å². The SMILES string of the molecule is CC(C)SC1CCC(NS(=O)(=O)c2nc3ccccc3s2)CC1. The van der Waals surface area contributed by atoms with Crippen LogP contribution in [0.1, 0.15) is 39.5 Å². The second-order valence-electron chi connectivity index (χ2n) is 6.23. The van der Waals surface area contributed by atoms with E-state index in [9.17, 15) is 8.42 Å². The quantitative estimate of drug-likeness (QED) is 0.863. The average molecular weight is 371 g/mol. The standard InChI is InChI=1S/C16H22N2O2S3/c1-11(2)21-13-9-7-12(8-10-13)18-23(19,20)16-17-14-5-3-4-6-15(14)22-16/h3-6,11-13,18H,7-10H2,1-2H3. The molecule has 2 aromatic rings. The monoisotopic (exact) mass is 370 g/mol. The van der Waals surface area contributed by atoms with Gasteiger partial charge in [0.2, 0.25) is 4.34 Å². The van der Waals surface area contributed by atoms with Gasteiger partial charge in [-0.1, -0.05) is 26.0 Å². The third kappa shape index (κ3) is 4.26. The third-order valence-corrected chi connectivity index (χ3v) is 8.30. The van der Waals surface area contributed by atoms with Crippen molar-refractivity contribution in [1.29, 1.82) is 0 Å². The molecule has 3 rings (SSSR count). The zero-order chi connectivity index (χ0) is 16.4. The highest BCUT2D eigenvalue weighted by atomic mass is 32.2. The van der Waals surface area contributed by atoms with Crippen LogP contribution in [0.4, 0.5) is 0 Å². The molecule has 1 heterocycles. The van der Waals surface area contributed by atoms with Gasteiger partial charge in [0, 0.05) is 11.3 Å². The van der Waals surface area contributed by atoms with Crippen LogP contribution in [0.15, 0.2) is 28.6 Å². The Morgan fingerprint density at radius 1 is 1.22 bits per heavy atom. The van der Waals surface area contributed by atoms with Crippen LogP contribution >= 0.6 is 23.1 Å². The van der Waals surface area contributed by atoms with E-state index in [2.05, 4.69) is 23.6 Å². The van der Waals surface area contributed by atoms with E-state index in [0.29, 0.717) is 10.5 Å². The van der Waals surface area contributed by atoms with Gasteiger partial charge in [-0.3, -0.25) is 0 Å². The second-order valence-corrected chi connectivity index (χ2v) is 11.0. The minimum atomic E-state index is -3.51. The minimum Gasteiger partial charge on any atom is -0.224 e. The maximum atomic E-state index is 12.6. The summed E-state index contributed by atoms with van der Waals surface area (Å²) in [4.78, 5) is 4.27. The molecule has 0 spiro atoms. The van der Waals surface area contributed by atoms with Gasteiger partial charge in [0.05, 0.1) is 10.2 Å². The molecule has 23 heavy (non-hydrogen) atoms. The number of hydrogen-bond acceptors (Lipinski definition) is 5. The number of nitrogens with one attached hydrogen (secondary N) is 1. The molecule has 1 fully saturated rings. The largest absolute Gasteiger partial charge is 0.268 e. The molecule has 1 aliphatic carbocycles. The zero-order valence-corrected chi connectivity index (χ0v) is 15.8. The smallest absolute Gasteiger partial charge is 0.224 e. The Bertz CT molecular complexity index is 729. The van der Waals surface area contributed by atoms with Gasteiger partial charge in [-0.05, 0) is 43.1 Å². The van der Waals surface area contributed by atoms with E-state index in [4.69, 9.17) is 0 Å². The van der Waals surface area contributed by atoms with Crippen LogP contribution in [0.5, 0.6) is 0 Å². The van der Waals surface area contributed by atoms with E-state index in [1.807, 2.05) is 36.0 Å². The Balaban J connectivity index is 1.65. The number of rotatable bonds is 5. The molecule has 1 aliphatic rings. The molecule has 1 aromatic heterocycles. The third-order valence-electron chi connectivity index (χ3n) is 3.96. The van der Waals surface area contributed by atoms with Crippen molar-refractivity contribution in [1.82, 2.24) is 9.71 Å². The number of sulfonamides is 1. The first-order valence-corrected chi connectivity index (χ1v) is 11.2. The van der Waals surface area contributed by atoms with Crippen molar-refractivity contribution in [2.24, 2.45) is 0 Å². The summed E-state index contributed by atoms with van der Waals surface area (Å²) in [7, 11) is -3.51. The normalized spacial score (nSPS) is 22.7. The number of hydrogen-bond donors (Lipinski definition) is 1. The van der Waals surface area contributed by atoms with Crippen LogP contribution in [-0.4, -0.2) is 29.9 Å². The molecule has 0 amide bonds. The first kappa shape index (κ1) is 17.2. The van der Waals surface area contributed by atoms with Crippen LogP contribution in [0.25, 0.3) is 10.2 Å². The molecular weight excluding hydrogens is 348 g/mol. The lowest BCUT2D eigenvalue weighted by Crippen LogP contribution is -2.38. The van der Waals surface area contributed by atoms with E-state index in [-0.39, 0.29) is 10.4 Å². The molecule has 1 saturated carbocycles. The molecule has 0 bridgehead atoms. The highest BCUT2D eigenvalue weighted by Crippen LogP contribution is 2.32. The van der Waals surface area contributed by atoms with Crippen molar-refractivity contribution in [3.8, 4) is 0 Å². The van der Waals surface area contributed by atoms with Crippen LogP contribution in [-0.2, 0) is 10.0 Å². The predicted molar refractivity (Wildman–Crippen MR) is 98.7 cm³/mol. The fourth-order valence-electron chi connectivity index (χ4n) is 2.94. The average Bonchev–Trinajstić information content (AvgIpc) is 2.93. The fourth-order valence-corrected chi connectivity index (χ4v) is 6.80. The summed E-state index contributed by atoms with van der Waals surface area (Å²) >= 11 is 3.24. The van der Waals surface area contributed by atoms with Crippen molar-refractivity contribution >= 4 is 43.3 Å². The fraction of sp³-hybridized carbons (Fsp3) is 0.562. The van der Waals surface area contributed by atoms with E-state index < -0.39 is 10.0 Å². The zero-order valence-electron chi connectivity index (χ0n) is 13.4. The highest BCUT2D eigenvalue weighted by molar-refractivity contribution is 8.00. The van der Waals surface area contributed by atoms with Crippen molar-refractivity contribution in [2.75, 3.05) is 0 Å². The maximum absolute atomic E-state index is 12.6. The molecule has 4 nitrogen and oxygen atoms in total. The number of para-hydroxylation sites is 1. The van der Waals surface area contributed by atoms with Crippen molar-refractivity contribution in [2.45, 2.75) is 60.4 Å². The van der Waals surface area contributed by atoms with E-state index in [0.717, 1.165) is 35.9 Å². The van der Waals surface area contributed by atoms with E-state index in [1.54, 1.807) is 0 Å². The van der Waals surface area contributed by atoms with E-state index >= 15 is 0 Å². The van der Waals surface area contributed by atoms with Crippen LogP contribution in [0, 0.1) is 0 Å². The Labute approximate surface area is 146 Å². The molecule has 126 valence electrons. The highest BCUT2D eigenvalue weighted by Gasteiger charge is 2.28. The molecule has 0 aliphatic heterocycles. The van der Waals surface area contributed by atoms with Gasteiger partial charge in [0.15, 0.2) is 0 Å². The Morgan fingerprint density at radius 3 is 2.57 bits per heavy atom. The summed E-state index contributed by atoms with van der Waals surface area (Å²) in [5.74, 6) is 0. The van der Waals surface area contributed by atoms with Crippen molar-refractivity contribution in [3.63, 3.8) is 0 Å². The van der Waals surface area contributed by atoms with Gasteiger partial charge in [-0.25, -0.2) is 18.1 Å². The molecular formula is C16H22N2O2S3. The first-order valence-electron chi connectivity index (χ1n) is 7.97. The first-order chi connectivity index (χ1) is 10.9. The Hall–Kier alpha value is -0.630. The van der Waals surface area contributed by atoms with Crippen LogP contribution in [0.2, 0.25) is 0 Å². The summed E-state index contributed by atoms with van der Waals surface area (Å²) < 4.78 is 29.1. The molecule has 0 unspecified atom stereocenters. The van der Waals surface area contributed by atoms with Gasteiger partial charge < -0.3 is 0 Å². The van der Waals surface area contributed by atoms with Crippen molar-refractivity contribution < 1.29 is 8.42 Å². The van der Waals surface area contributed by atoms with Gasteiger partial charge >= 0.3 is 0 Å². The molecule has 0 radical (unpaired) electrons. The minimum absolute atomic E-state index is 0.0380. The Kier molecular flexibility index (Phi) is 5.30. The lowest BCUT2D eigenvalue weighted by atomic mass is 9.96. The Morgan fingerprint density at radius 2 is 1.91 bits per heavy atom. The number of thioether (sulfide) groups is 1. The predicted octanol–water partition coefficient (Wildman–Crippen LogP) is 4.03. The number of benzene rings is 1. The lowest BCUT2D eigenvalue weighted by Gasteiger charge is -2.29. The number of fused-ring (bicyclic) bond motifs is 1. The molecule has 7 heteroatoms. The van der Waals surface area contributed by atoms with Gasteiger partial charge in [0.1, 0.15) is 0 Å². The van der Waals surface area contributed by atoms with Gasteiger partial charge in [-0.2, -0.15) is 11.8 Å². The summed E-state index contributed by atoms with van der Waals surface area (Å²) in [6.45, 7) is 4.43. The molecule has 1 N–H and O–H groups in total. The van der Waals surface area contributed by atoms with Crippen molar-refractivity contribution in [3.05, 3.63) is 24.3 Å². The number of aromatic nitrogens is 1. The van der Waals surface area contributed by atoms with Gasteiger partial charge in [0.25, 0.3) is 10.0 Å². The molecule has 1 aromatic carbocycles. The molecule has 0 saturated heterocycles. The number of thiazole rings is 1.